The second kappa shape index (κ2) is 7.59. The SMILES string of the molecule is CC(=O)[O-].Cc1cc[n+](-c2ccc([N+](=O)[O-])cc2[N+](=O)[O-])cc1. The number of benzene rings is 1. The van der Waals surface area contributed by atoms with Crippen molar-refractivity contribution in [3.05, 3.63) is 68.5 Å². The number of aliphatic carboxylic acids is 1. The maximum absolute atomic E-state index is 11.0. The highest BCUT2D eigenvalue weighted by Gasteiger charge is 2.25. The molecule has 0 aliphatic heterocycles. The molecule has 1 aromatic carbocycles. The maximum Gasteiger partial charge on any atom is 0.347 e. The van der Waals surface area contributed by atoms with E-state index >= 15 is 0 Å². The van der Waals surface area contributed by atoms with Crippen LogP contribution >= 0.6 is 0 Å². The molecule has 0 saturated carbocycles. The first-order valence-electron chi connectivity index (χ1n) is 6.31. The summed E-state index contributed by atoms with van der Waals surface area (Å²) in [7, 11) is 0. The Morgan fingerprint density at radius 1 is 1.04 bits per heavy atom. The van der Waals surface area contributed by atoms with E-state index in [-0.39, 0.29) is 17.1 Å². The number of carbonyl (C=O) groups is 1. The maximum atomic E-state index is 11.0. The number of pyridine rings is 1. The zero-order valence-corrected chi connectivity index (χ0v) is 12.3. The molecule has 2 rings (SSSR count). The molecule has 0 spiro atoms. The summed E-state index contributed by atoms with van der Waals surface area (Å²) < 4.78 is 1.55. The Morgan fingerprint density at radius 2 is 1.57 bits per heavy atom. The molecule has 120 valence electrons. The minimum Gasteiger partial charge on any atom is -0.550 e. The molecule has 0 aliphatic rings. The minimum atomic E-state index is -1.08. The Kier molecular flexibility index (Phi) is 5.84. The van der Waals surface area contributed by atoms with Gasteiger partial charge in [0.15, 0.2) is 12.4 Å². The van der Waals surface area contributed by atoms with Crippen molar-refractivity contribution in [3.8, 4) is 5.69 Å². The van der Waals surface area contributed by atoms with Crippen LogP contribution in [0.4, 0.5) is 11.4 Å². The lowest BCUT2D eigenvalue weighted by molar-refractivity contribution is -0.601. The van der Waals surface area contributed by atoms with Gasteiger partial charge >= 0.3 is 5.69 Å². The van der Waals surface area contributed by atoms with Gasteiger partial charge in [-0.1, -0.05) is 0 Å². The van der Waals surface area contributed by atoms with Crippen molar-refractivity contribution in [1.29, 1.82) is 0 Å². The molecule has 0 bridgehead atoms. The van der Waals surface area contributed by atoms with E-state index in [0.717, 1.165) is 18.6 Å². The average Bonchev–Trinajstić information content (AvgIpc) is 2.46. The quantitative estimate of drug-likeness (QED) is 0.468. The van der Waals surface area contributed by atoms with E-state index in [1.807, 2.05) is 6.92 Å². The van der Waals surface area contributed by atoms with E-state index in [1.165, 1.54) is 12.1 Å². The molecule has 0 unspecified atom stereocenters. The molecule has 0 fully saturated rings. The summed E-state index contributed by atoms with van der Waals surface area (Å²) in [5.41, 5.74) is 0.697. The first-order chi connectivity index (χ1) is 10.7. The smallest absolute Gasteiger partial charge is 0.347 e. The molecule has 0 amide bonds. The number of hydrogen-bond donors (Lipinski definition) is 0. The van der Waals surface area contributed by atoms with Crippen LogP contribution in [0.3, 0.4) is 0 Å². The number of nitro benzene ring substituents is 2. The van der Waals surface area contributed by atoms with Crippen LogP contribution in [0.15, 0.2) is 42.7 Å². The number of nitrogens with zero attached hydrogens (tertiary/aromatic N) is 3. The first kappa shape index (κ1) is 17.7. The number of carbonyl (C=O) groups excluding carboxylic acids is 1. The van der Waals surface area contributed by atoms with Gasteiger partial charge in [-0.15, -0.1) is 0 Å². The number of aryl methyl sites for hydroxylation is 1. The lowest BCUT2D eigenvalue weighted by atomic mass is 10.2. The molecule has 0 saturated heterocycles. The summed E-state index contributed by atoms with van der Waals surface area (Å²) in [5, 5.41) is 30.5. The summed E-state index contributed by atoms with van der Waals surface area (Å²) >= 11 is 0. The van der Waals surface area contributed by atoms with Crippen LogP contribution in [-0.4, -0.2) is 15.8 Å². The third-order valence-corrected chi connectivity index (χ3v) is 2.64. The van der Waals surface area contributed by atoms with Crippen molar-refractivity contribution in [2.75, 3.05) is 0 Å². The van der Waals surface area contributed by atoms with Crippen LogP contribution in [0.2, 0.25) is 0 Å². The zero-order valence-electron chi connectivity index (χ0n) is 12.3. The number of non-ortho nitro benzene ring substituents is 1. The predicted molar refractivity (Wildman–Crippen MR) is 76.7 cm³/mol. The number of carboxylic acid groups (broad SMARTS) is 1. The first-order valence-corrected chi connectivity index (χ1v) is 6.31. The molecule has 9 heteroatoms. The third kappa shape index (κ3) is 5.16. The Morgan fingerprint density at radius 3 is 2.00 bits per heavy atom. The molecule has 9 nitrogen and oxygen atoms in total. The van der Waals surface area contributed by atoms with Crippen molar-refractivity contribution in [3.63, 3.8) is 0 Å². The summed E-state index contributed by atoms with van der Waals surface area (Å²) in [5.74, 6) is -1.08. The van der Waals surface area contributed by atoms with Gasteiger partial charge in [-0.2, -0.15) is 4.57 Å². The summed E-state index contributed by atoms with van der Waals surface area (Å²) in [6.45, 7) is 2.87. The van der Waals surface area contributed by atoms with Gasteiger partial charge in [0.25, 0.3) is 11.4 Å². The van der Waals surface area contributed by atoms with Gasteiger partial charge in [0, 0.05) is 30.2 Å². The molecule has 2 aromatic rings. The summed E-state index contributed by atoms with van der Waals surface area (Å²) in [4.78, 5) is 29.3. The van der Waals surface area contributed by atoms with Crippen LogP contribution in [0.25, 0.3) is 5.69 Å². The van der Waals surface area contributed by atoms with Crippen LogP contribution in [-0.2, 0) is 4.79 Å². The summed E-state index contributed by atoms with van der Waals surface area (Å²) in [6.07, 6.45) is 3.34. The minimum absolute atomic E-state index is 0.288. The van der Waals surface area contributed by atoms with Crippen LogP contribution in [0, 0.1) is 27.2 Å². The van der Waals surface area contributed by atoms with Crippen LogP contribution in [0.1, 0.15) is 12.5 Å². The molecular formula is C14H13N3O6. The van der Waals surface area contributed by atoms with Gasteiger partial charge in [-0.3, -0.25) is 20.2 Å². The molecule has 1 aromatic heterocycles. The van der Waals surface area contributed by atoms with E-state index in [9.17, 15) is 20.2 Å². The number of hydrogen-bond acceptors (Lipinski definition) is 6. The zero-order chi connectivity index (χ0) is 17.6. The second-order valence-electron chi connectivity index (χ2n) is 4.46. The normalized spacial score (nSPS) is 9.48. The van der Waals surface area contributed by atoms with Crippen molar-refractivity contribution in [2.24, 2.45) is 0 Å². The van der Waals surface area contributed by atoms with Crippen molar-refractivity contribution in [2.45, 2.75) is 13.8 Å². The van der Waals surface area contributed by atoms with Gasteiger partial charge in [-0.05, 0) is 19.4 Å². The number of rotatable bonds is 3. The molecular weight excluding hydrogens is 306 g/mol. The van der Waals surface area contributed by atoms with E-state index in [0.29, 0.717) is 0 Å². The van der Waals surface area contributed by atoms with Gasteiger partial charge < -0.3 is 9.90 Å². The molecule has 0 atom stereocenters. The molecule has 23 heavy (non-hydrogen) atoms. The van der Waals surface area contributed by atoms with E-state index in [4.69, 9.17) is 9.90 Å². The van der Waals surface area contributed by atoms with Gasteiger partial charge in [0.05, 0.1) is 9.85 Å². The molecule has 0 aliphatic carbocycles. The van der Waals surface area contributed by atoms with E-state index in [2.05, 4.69) is 0 Å². The van der Waals surface area contributed by atoms with Crippen LogP contribution in [0.5, 0.6) is 0 Å². The summed E-state index contributed by atoms with van der Waals surface area (Å²) in [6, 6.07) is 7.17. The van der Waals surface area contributed by atoms with Crippen molar-refractivity contribution in [1.82, 2.24) is 0 Å². The highest BCUT2D eigenvalue weighted by Crippen LogP contribution is 2.24. The molecule has 1 heterocycles. The molecule has 0 radical (unpaired) electrons. The van der Waals surface area contributed by atoms with Crippen molar-refractivity contribution < 1.29 is 24.3 Å². The Balaban J connectivity index is 0.000000593. The Labute approximate surface area is 130 Å². The number of nitro groups is 2. The topological polar surface area (TPSA) is 130 Å². The third-order valence-electron chi connectivity index (χ3n) is 2.64. The van der Waals surface area contributed by atoms with Gasteiger partial charge in [0.1, 0.15) is 6.07 Å². The lowest BCUT2D eigenvalue weighted by Crippen LogP contribution is -2.30. The number of aromatic nitrogens is 1. The monoisotopic (exact) mass is 319 g/mol. The van der Waals surface area contributed by atoms with Crippen molar-refractivity contribution >= 4 is 17.3 Å². The molecule has 0 N–H and O–H groups in total. The number of carboxylic acids is 1. The lowest BCUT2D eigenvalue weighted by Gasteiger charge is -1.98. The highest BCUT2D eigenvalue weighted by molar-refractivity contribution is 5.60. The standard InChI is InChI=1S/C12H10N3O4.C2H4O2/c1-9-4-6-13(7-5-9)11-3-2-10(14(16)17)8-12(11)15(18)19;1-2(3)4/h2-8H,1H3;1H3,(H,3,4)/q+1;/p-1. The fourth-order valence-electron chi connectivity index (χ4n) is 1.65. The largest absolute Gasteiger partial charge is 0.550 e. The Bertz CT molecular complexity index is 739. The highest BCUT2D eigenvalue weighted by atomic mass is 16.6. The fourth-order valence-corrected chi connectivity index (χ4v) is 1.65. The predicted octanol–water partition coefficient (Wildman–Crippen LogP) is 0.844. The van der Waals surface area contributed by atoms with Gasteiger partial charge in [-0.25, -0.2) is 0 Å². The van der Waals surface area contributed by atoms with Crippen LogP contribution < -0.4 is 9.67 Å². The van der Waals surface area contributed by atoms with E-state index < -0.39 is 15.8 Å². The van der Waals surface area contributed by atoms with Gasteiger partial charge in [0.2, 0.25) is 0 Å². The average molecular weight is 319 g/mol. The fraction of sp³-hybridized carbons (Fsp3) is 0.143. The van der Waals surface area contributed by atoms with E-state index in [1.54, 1.807) is 29.1 Å². The Hall–Kier alpha value is -3.36. The second-order valence-corrected chi connectivity index (χ2v) is 4.46.